The normalized spacial score (nSPS) is 11.1. The first-order chi connectivity index (χ1) is 12.7. The number of nitrogens with zero attached hydrogens (tertiary/aromatic N) is 1. The average Bonchev–Trinajstić information content (AvgIpc) is 2.61. The maximum atomic E-state index is 12.2. The van der Waals surface area contributed by atoms with Crippen LogP contribution in [0.2, 0.25) is 0 Å². The van der Waals surface area contributed by atoms with Gasteiger partial charge in [0.25, 0.3) is 5.91 Å². The van der Waals surface area contributed by atoms with Gasteiger partial charge in [0.15, 0.2) is 0 Å². The minimum Gasteiger partial charge on any atom is -0.345 e. The fourth-order valence-corrected chi connectivity index (χ4v) is 3.34. The summed E-state index contributed by atoms with van der Waals surface area (Å²) in [6.07, 6.45) is -0.0308. The van der Waals surface area contributed by atoms with Crippen molar-refractivity contribution in [1.82, 2.24) is 9.62 Å². The minimum absolute atomic E-state index is 0.0294. The quantitative estimate of drug-likeness (QED) is 0.757. The molecule has 0 unspecified atom stereocenters. The molecular formula is C19H23N3O4S. The molecule has 7 nitrogen and oxygen atoms in total. The van der Waals surface area contributed by atoms with Gasteiger partial charge in [0.2, 0.25) is 15.9 Å². The van der Waals surface area contributed by atoms with E-state index in [-0.39, 0.29) is 29.7 Å². The molecule has 0 bridgehead atoms. The number of sulfonamides is 1. The highest BCUT2D eigenvalue weighted by molar-refractivity contribution is 7.89. The Hall–Kier alpha value is -2.71. The highest BCUT2D eigenvalue weighted by atomic mass is 32.2. The zero-order chi connectivity index (χ0) is 20.0. The number of hydrogen-bond donors (Lipinski definition) is 2. The predicted octanol–water partition coefficient (Wildman–Crippen LogP) is 2.00. The van der Waals surface area contributed by atoms with Crippen LogP contribution < -0.4 is 10.0 Å². The number of carbonyl (C=O) groups excluding carboxylic acids is 2. The molecule has 2 aromatic rings. The van der Waals surface area contributed by atoms with E-state index in [0.29, 0.717) is 11.3 Å². The van der Waals surface area contributed by atoms with Crippen molar-refractivity contribution in [2.75, 3.05) is 26.0 Å². The molecule has 0 aliphatic rings. The zero-order valence-electron chi connectivity index (χ0n) is 15.5. The Bertz CT molecular complexity index is 922. The largest absolute Gasteiger partial charge is 0.345 e. The van der Waals surface area contributed by atoms with Gasteiger partial charge in [0, 0.05) is 38.3 Å². The van der Waals surface area contributed by atoms with E-state index in [4.69, 9.17) is 0 Å². The highest BCUT2D eigenvalue weighted by Gasteiger charge is 2.14. The highest BCUT2D eigenvalue weighted by Crippen LogP contribution is 2.13. The first-order valence-electron chi connectivity index (χ1n) is 8.37. The van der Waals surface area contributed by atoms with E-state index in [9.17, 15) is 18.0 Å². The SMILES string of the molecule is Cc1ccc(S(=O)(=O)NCCC(=O)Nc2cccc(C(=O)N(C)C)c2)cc1. The number of anilines is 1. The molecule has 0 radical (unpaired) electrons. The molecule has 2 rings (SSSR count). The summed E-state index contributed by atoms with van der Waals surface area (Å²) in [5.41, 5.74) is 1.90. The Balaban J connectivity index is 1.90. The summed E-state index contributed by atoms with van der Waals surface area (Å²) in [4.78, 5) is 25.6. The van der Waals surface area contributed by atoms with Crippen LogP contribution in [0, 0.1) is 6.92 Å². The summed E-state index contributed by atoms with van der Waals surface area (Å²) < 4.78 is 26.8. The number of aryl methyl sites for hydroxylation is 1. The van der Waals surface area contributed by atoms with E-state index < -0.39 is 10.0 Å². The fraction of sp³-hybridized carbons (Fsp3) is 0.263. The topological polar surface area (TPSA) is 95.6 Å². The first-order valence-corrected chi connectivity index (χ1v) is 9.85. The van der Waals surface area contributed by atoms with E-state index >= 15 is 0 Å². The zero-order valence-corrected chi connectivity index (χ0v) is 16.3. The summed E-state index contributed by atoms with van der Waals surface area (Å²) in [7, 11) is -0.360. The van der Waals surface area contributed by atoms with Gasteiger partial charge in [0.05, 0.1) is 4.90 Å². The van der Waals surface area contributed by atoms with Gasteiger partial charge in [-0.05, 0) is 37.3 Å². The number of rotatable bonds is 7. The number of amides is 2. The van der Waals surface area contributed by atoms with Crippen LogP contribution in [0.1, 0.15) is 22.3 Å². The molecule has 0 fully saturated rings. The van der Waals surface area contributed by atoms with Gasteiger partial charge >= 0.3 is 0 Å². The maximum absolute atomic E-state index is 12.2. The van der Waals surface area contributed by atoms with Gasteiger partial charge < -0.3 is 10.2 Å². The van der Waals surface area contributed by atoms with Gasteiger partial charge in [-0.1, -0.05) is 23.8 Å². The van der Waals surface area contributed by atoms with Gasteiger partial charge in [-0.15, -0.1) is 0 Å². The molecule has 144 valence electrons. The van der Waals surface area contributed by atoms with Gasteiger partial charge in [0.1, 0.15) is 0 Å². The number of carbonyl (C=O) groups is 2. The molecule has 0 aromatic heterocycles. The second kappa shape index (κ2) is 8.79. The molecule has 2 amide bonds. The summed E-state index contributed by atoms with van der Waals surface area (Å²) in [5.74, 6) is -0.520. The monoisotopic (exact) mass is 389 g/mol. The van der Waals surface area contributed by atoms with Crippen LogP contribution in [0.15, 0.2) is 53.4 Å². The molecule has 0 heterocycles. The molecule has 8 heteroatoms. The predicted molar refractivity (Wildman–Crippen MR) is 104 cm³/mol. The van der Waals surface area contributed by atoms with Gasteiger partial charge in [-0.2, -0.15) is 0 Å². The maximum Gasteiger partial charge on any atom is 0.253 e. The van der Waals surface area contributed by atoms with Crippen LogP contribution in [-0.2, 0) is 14.8 Å². The lowest BCUT2D eigenvalue weighted by atomic mass is 10.2. The molecule has 2 N–H and O–H groups in total. The molecule has 0 aliphatic carbocycles. The van der Waals surface area contributed by atoms with Crippen molar-refractivity contribution in [3.8, 4) is 0 Å². The van der Waals surface area contributed by atoms with Crippen LogP contribution in [0.25, 0.3) is 0 Å². The molecular weight excluding hydrogens is 366 g/mol. The number of nitrogens with one attached hydrogen (secondary N) is 2. The summed E-state index contributed by atoms with van der Waals surface area (Å²) in [6.45, 7) is 1.84. The summed E-state index contributed by atoms with van der Waals surface area (Å²) in [6, 6.07) is 13.0. The van der Waals surface area contributed by atoms with Crippen LogP contribution >= 0.6 is 0 Å². The molecule has 2 aromatic carbocycles. The molecule has 0 aliphatic heterocycles. The Morgan fingerprint density at radius 1 is 1.04 bits per heavy atom. The lowest BCUT2D eigenvalue weighted by Crippen LogP contribution is -2.28. The van der Waals surface area contributed by atoms with Crippen molar-refractivity contribution in [1.29, 1.82) is 0 Å². The third-order valence-corrected chi connectivity index (χ3v) is 5.25. The Morgan fingerprint density at radius 3 is 2.33 bits per heavy atom. The molecule has 0 atom stereocenters. The third-order valence-electron chi connectivity index (χ3n) is 3.77. The second-order valence-corrected chi connectivity index (χ2v) is 8.06. The molecule has 27 heavy (non-hydrogen) atoms. The van der Waals surface area contributed by atoms with Gasteiger partial charge in [-0.25, -0.2) is 13.1 Å². The van der Waals surface area contributed by atoms with Crippen LogP contribution in [0.3, 0.4) is 0 Å². The second-order valence-electron chi connectivity index (χ2n) is 6.29. The summed E-state index contributed by atoms with van der Waals surface area (Å²) in [5, 5.41) is 2.67. The lowest BCUT2D eigenvalue weighted by molar-refractivity contribution is -0.116. The van der Waals surface area contributed by atoms with E-state index in [0.717, 1.165) is 5.56 Å². The van der Waals surface area contributed by atoms with Crippen molar-refractivity contribution in [3.63, 3.8) is 0 Å². The minimum atomic E-state index is -3.65. The van der Waals surface area contributed by atoms with Crippen molar-refractivity contribution in [2.24, 2.45) is 0 Å². The van der Waals surface area contributed by atoms with Crippen molar-refractivity contribution in [2.45, 2.75) is 18.2 Å². The number of hydrogen-bond acceptors (Lipinski definition) is 4. The molecule has 0 saturated carbocycles. The smallest absolute Gasteiger partial charge is 0.253 e. The Kier molecular flexibility index (Phi) is 6.70. The van der Waals surface area contributed by atoms with Crippen LogP contribution in [0.5, 0.6) is 0 Å². The Labute approximate surface area is 159 Å². The van der Waals surface area contributed by atoms with Crippen molar-refractivity contribution >= 4 is 27.5 Å². The summed E-state index contributed by atoms with van der Waals surface area (Å²) >= 11 is 0. The van der Waals surface area contributed by atoms with Gasteiger partial charge in [-0.3, -0.25) is 9.59 Å². The van der Waals surface area contributed by atoms with Crippen molar-refractivity contribution in [3.05, 3.63) is 59.7 Å². The lowest BCUT2D eigenvalue weighted by Gasteiger charge is -2.12. The molecule has 0 spiro atoms. The average molecular weight is 389 g/mol. The fourth-order valence-electron chi connectivity index (χ4n) is 2.31. The Morgan fingerprint density at radius 2 is 1.70 bits per heavy atom. The third kappa shape index (κ3) is 5.90. The standard InChI is InChI=1S/C19H23N3O4S/c1-14-7-9-17(10-8-14)27(25,26)20-12-11-18(23)21-16-6-4-5-15(13-16)19(24)22(2)3/h4-10,13,20H,11-12H2,1-3H3,(H,21,23). The molecule has 0 saturated heterocycles. The number of benzene rings is 2. The van der Waals surface area contributed by atoms with E-state index in [1.165, 1.54) is 17.0 Å². The van der Waals surface area contributed by atoms with Crippen molar-refractivity contribution < 1.29 is 18.0 Å². The van der Waals surface area contributed by atoms with Crippen LogP contribution in [0.4, 0.5) is 5.69 Å². The van der Waals surface area contributed by atoms with Crippen LogP contribution in [-0.4, -0.2) is 45.8 Å². The first kappa shape index (κ1) is 20.6. The van der Waals surface area contributed by atoms with E-state index in [1.54, 1.807) is 50.5 Å². The van der Waals surface area contributed by atoms with E-state index in [2.05, 4.69) is 10.0 Å². The van der Waals surface area contributed by atoms with E-state index in [1.807, 2.05) is 6.92 Å².